The highest BCUT2D eigenvalue weighted by molar-refractivity contribution is 5.77. The van der Waals surface area contributed by atoms with Gasteiger partial charge in [-0.05, 0) is 6.42 Å². The van der Waals surface area contributed by atoms with Gasteiger partial charge in [0.1, 0.15) is 0 Å². The summed E-state index contributed by atoms with van der Waals surface area (Å²) in [6.07, 6.45) is 1.75. The number of rotatable bonds is 7. The van der Waals surface area contributed by atoms with Crippen LogP contribution in [0.1, 0.15) is 32.0 Å². The maximum atomic E-state index is 11.7. The molecule has 21 heavy (non-hydrogen) atoms. The van der Waals surface area contributed by atoms with E-state index in [1.807, 2.05) is 6.92 Å². The summed E-state index contributed by atoms with van der Waals surface area (Å²) in [6, 6.07) is 0. The molecule has 0 atom stereocenters. The molecule has 7 heteroatoms. The lowest BCUT2D eigenvalue weighted by molar-refractivity contribution is -0.122. The first kappa shape index (κ1) is 15.9. The summed E-state index contributed by atoms with van der Waals surface area (Å²) in [4.78, 5) is 16.2. The fraction of sp³-hybridized carbons (Fsp3) is 0.786. The number of nitrogens with zero attached hydrogens (tertiary/aromatic N) is 4. The Kier molecular flexibility index (Phi) is 6.13. The molecule has 0 bridgehead atoms. The van der Waals surface area contributed by atoms with Crippen molar-refractivity contribution in [3.8, 4) is 0 Å². The lowest BCUT2D eigenvalue weighted by Gasteiger charge is -2.33. The van der Waals surface area contributed by atoms with E-state index in [0.717, 1.165) is 45.6 Å². The van der Waals surface area contributed by atoms with Crippen molar-refractivity contribution in [3.05, 3.63) is 11.8 Å². The molecule has 0 aliphatic carbocycles. The minimum atomic E-state index is 0.120. The number of piperazine rings is 1. The van der Waals surface area contributed by atoms with Crippen LogP contribution < -0.4 is 5.32 Å². The van der Waals surface area contributed by atoms with E-state index in [2.05, 4.69) is 32.2 Å². The molecule has 1 aliphatic rings. The molecule has 1 fully saturated rings. The van der Waals surface area contributed by atoms with Crippen molar-refractivity contribution in [1.82, 2.24) is 25.3 Å². The van der Waals surface area contributed by atoms with E-state index in [-0.39, 0.29) is 5.91 Å². The van der Waals surface area contributed by atoms with Gasteiger partial charge in [0.05, 0.1) is 13.1 Å². The predicted molar refractivity (Wildman–Crippen MR) is 78.7 cm³/mol. The third-order valence-corrected chi connectivity index (χ3v) is 3.57. The zero-order chi connectivity index (χ0) is 15.1. The van der Waals surface area contributed by atoms with E-state index in [0.29, 0.717) is 24.9 Å². The molecule has 118 valence electrons. The Labute approximate surface area is 125 Å². The maximum absolute atomic E-state index is 11.7. The topological polar surface area (TPSA) is 74.5 Å². The van der Waals surface area contributed by atoms with Crippen molar-refractivity contribution in [3.63, 3.8) is 0 Å². The molecule has 0 unspecified atom stereocenters. The molecule has 1 aromatic heterocycles. The molecule has 2 rings (SSSR count). The van der Waals surface area contributed by atoms with Crippen LogP contribution in [0.3, 0.4) is 0 Å². The number of hydrogen-bond donors (Lipinski definition) is 1. The van der Waals surface area contributed by atoms with Gasteiger partial charge in [0.25, 0.3) is 0 Å². The maximum Gasteiger partial charge on any atom is 0.234 e. The summed E-state index contributed by atoms with van der Waals surface area (Å²) in [6.45, 7) is 9.64. The quantitative estimate of drug-likeness (QED) is 0.778. The van der Waals surface area contributed by atoms with Crippen LogP contribution in [0.5, 0.6) is 0 Å². The van der Waals surface area contributed by atoms with Crippen molar-refractivity contribution in [2.24, 2.45) is 0 Å². The van der Waals surface area contributed by atoms with Crippen LogP contribution >= 0.6 is 0 Å². The number of hydrogen-bond acceptors (Lipinski definition) is 6. The van der Waals surface area contributed by atoms with Gasteiger partial charge in [-0.3, -0.25) is 14.6 Å². The lowest BCUT2D eigenvalue weighted by Crippen LogP contribution is -2.49. The second-order valence-electron chi connectivity index (χ2n) is 5.35. The van der Waals surface area contributed by atoms with Crippen LogP contribution in [0.15, 0.2) is 4.42 Å². The summed E-state index contributed by atoms with van der Waals surface area (Å²) < 4.78 is 5.53. The number of amides is 1. The number of aromatic nitrogens is 2. The Morgan fingerprint density at radius 2 is 1.81 bits per heavy atom. The summed E-state index contributed by atoms with van der Waals surface area (Å²) in [5.41, 5.74) is 0. The molecular weight excluding hydrogens is 270 g/mol. The lowest BCUT2D eigenvalue weighted by atomic mass is 10.3. The van der Waals surface area contributed by atoms with E-state index >= 15 is 0 Å². The molecule has 7 nitrogen and oxygen atoms in total. The van der Waals surface area contributed by atoms with Gasteiger partial charge < -0.3 is 9.73 Å². The monoisotopic (exact) mass is 295 g/mol. The second kappa shape index (κ2) is 8.09. The highest BCUT2D eigenvalue weighted by Gasteiger charge is 2.20. The first-order valence-electron chi connectivity index (χ1n) is 7.74. The molecule has 0 spiro atoms. The van der Waals surface area contributed by atoms with Gasteiger partial charge in [-0.25, -0.2) is 0 Å². The molecule has 2 heterocycles. The van der Waals surface area contributed by atoms with Crippen LogP contribution in [0.4, 0.5) is 0 Å². The van der Waals surface area contributed by atoms with Crippen LogP contribution in [-0.2, 0) is 17.8 Å². The van der Waals surface area contributed by atoms with Crippen LogP contribution in [-0.4, -0.2) is 65.2 Å². The van der Waals surface area contributed by atoms with Crippen LogP contribution in [0, 0.1) is 0 Å². The van der Waals surface area contributed by atoms with E-state index in [1.165, 1.54) is 0 Å². The van der Waals surface area contributed by atoms with E-state index in [1.54, 1.807) is 0 Å². The third kappa shape index (κ3) is 5.09. The first-order chi connectivity index (χ1) is 10.2. The highest BCUT2D eigenvalue weighted by Crippen LogP contribution is 2.08. The molecule has 1 aromatic rings. The standard InChI is InChI=1S/C14H25N5O2/c1-3-5-15-12(20)10-18-6-8-19(9-7-18)11-14-17-16-13(4-2)21-14/h3-11H2,1-2H3,(H,15,20). The SMILES string of the molecule is CCCNC(=O)CN1CCN(Cc2nnc(CC)o2)CC1. The zero-order valence-corrected chi connectivity index (χ0v) is 13.0. The van der Waals surface area contributed by atoms with E-state index in [4.69, 9.17) is 4.42 Å². The molecule has 1 saturated heterocycles. The Balaban J connectivity index is 1.69. The Morgan fingerprint density at radius 3 is 2.43 bits per heavy atom. The normalized spacial score (nSPS) is 17.0. The fourth-order valence-corrected chi connectivity index (χ4v) is 2.32. The molecule has 1 N–H and O–H groups in total. The smallest absolute Gasteiger partial charge is 0.234 e. The molecule has 0 aromatic carbocycles. The fourth-order valence-electron chi connectivity index (χ4n) is 2.32. The molecule has 0 radical (unpaired) electrons. The van der Waals surface area contributed by atoms with Gasteiger partial charge in [0.15, 0.2) is 0 Å². The molecule has 0 saturated carbocycles. The van der Waals surface area contributed by atoms with Crippen LogP contribution in [0.25, 0.3) is 0 Å². The predicted octanol–water partition coefficient (Wildman–Crippen LogP) is 0.276. The minimum absolute atomic E-state index is 0.120. The van der Waals surface area contributed by atoms with Gasteiger partial charge in [-0.2, -0.15) is 0 Å². The van der Waals surface area contributed by atoms with Gasteiger partial charge in [0.2, 0.25) is 17.7 Å². The number of carbonyl (C=O) groups is 1. The number of nitrogens with one attached hydrogen (secondary N) is 1. The number of carbonyl (C=O) groups excluding carboxylic acids is 1. The van der Waals surface area contributed by atoms with Crippen molar-refractivity contribution < 1.29 is 9.21 Å². The highest BCUT2D eigenvalue weighted by atomic mass is 16.4. The summed E-state index contributed by atoms with van der Waals surface area (Å²) in [5, 5.41) is 10.9. The van der Waals surface area contributed by atoms with Crippen molar-refractivity contribution in [2.45, 2.75) is 33.2 Å². The van der Waals surface area contributed by atoms with Gasteiger partial charge in [-0.15, -0.1) is 10.2 Å². The number of aryl methyl sites for hydroxylation is 1. The van der Waals surface area contributed by atoms with Crippen LogP contribution in [0.2, 0.25) is 0 Å². The van der Waals surface area contributed by atoms with Crippen molar-refractivity contribution in [1.29, 1.82) is 0 Å². The Hall–Kier alpha value is -1.47. The average Bonchev–Trinajstić information content (AvgIpc) is 2.95. The van der Waals surface area contributed by atoms with Gasteiger partial charge in [-0.1, -0.05) is 13.8 Å². The van der Waals surface area contributed by atoms with Gasteiger partial charge >= 0.3 is 0 Å². The first-order valence-corrected chi connectivity index (χ1v) is 7.74. The summed E-state index contributed by atoms with van der Waals surface area (Å²) in [7, 11) is 0. The molecular formula is C14H25N5O2. The third-order valence-electron chi connectivity index (χ3n) is 3.57. The summed E-state index contributed by atoms with van der Waals surface area (Å²) >= 11 is 0. The van der Waals surface area contributed by atoms with E-state index < -0.39 is 0 Å². The van der Waals surface area contributed by atoms with E-state index in [9.17, 15) is 4.79 Å². The van der Waals surface area contributed by atoms with Crippen molar-refractivity contribution >= 4 is 5.91 Å². The van der Waals surface area contributed by atoms with Gasteiger partial charge in [0, 0.05) is 39.1 Å². The Morgan fingerprint density at radius 1 is 1.14 bits per heavy atom. The van der Waals surface area contributed by atoms with Crippen molar-refractivity contribution in [2.75, 3.05) is 39.3 Å². The second-order valence-corrected chi connectivity index (χ2v) is 5.35. The summed E-state index contributed by atoms with van der Waals surface area (Å²) in [5.74, 6) is 1.49. The molecule has 1 amide bonds. The Bertz CT molecular complexity index is 440. The average molecular weight is 295 g/mol. The largest absolute Gasteiger partial charge is 0.424 e. The molecule has 1 aliphatic heterocycles. The minimum Gasteiger partial charge on any atom is -0.424 e. The zero-order valence-electron chi connectivity index (χ0n) is 13.0.